The summed E-state index contributed by atoms with van der Waals surface area (Å²) in [4.78, 5) is 13.1. The third-order valence-corrected chi connectivity index (χ3v) is 6.36. The molecule has 2 aromatic rings. The molecule has 0 heterocycles. The highest BCUT2D eigenvalue weighted by Gasteiger charge is 2.37. The lowest BCUT2D eigenvalue weighted by Gasteiger charge is -2.37. The fraction of sp³-hybridized carbons (Fsp3) is 0.500. The molecule has 5 atom stereocenters. The van der Waals surface area contributed by atoms with Gasteiger partial charge in [0, 0.05) is 5.69 Å². The van der Waals surface area contributed by atoms with Gasteiger partial charge in [0.15, 0.2) is 6.10 Å². The van der Waals surface area contributed by atoms with Crippen molar-refractivity contribution in [2.24, 2.45) is 17.8 Å². The maximum atomic E-state index is 13.1. The molecule has 1 aliphatic carbocycles. The van der Waals surface area contributed by atoms with Crippen molar-refractivity contribution in [3.63, 3.8) is 0 Å². The molecule has 1 saturated carbocycles. The van der Waals surface area contributed by atoms with Crippen molar-refractivity contribution in [2.45, 2.75) is 58.3 Å². The SMILES string of the molecule is COc1ccc(N[C@H](c2ccccc2)[C@H](O)C(=O)O[C@@H]2C[C@H](C)CC[C@H]2C(C)C)cc1. The van der Waals surface area contributed by atoms with Gasteiger partial charge in [0.05, 0.1) is 13.2 Å². The topological polar surface area (TPSA) is 67.8 Å². The molecule has 168 valence electrons. The first-order chi connectivity index (χ1) is 14.9. The van der Waals surface area contributed by atoms with Gasteiger partial charge in [-0.2, -0.15) is 0 Å². The molecule has 0 unspecified atom stereocenters. The molecule has 0 radical (unpaired) electrons. The predicted octanol–water partition coefficient (Wildman–Crippen LogP) is 5.21. The molecule has 31 heavy (non-hydrogen) atoms. The molecule has 0 amide bonds. The summed E-state index contributed by atoms with van der Waals surface area (Å²) in [6, 6.07) is 16.3. The zero-order valence-corrected chi connectivity index (χ0v) is 19.0. The summed E-state index contributed by atoms with van der Waals surface area (Å²) in [6.45, 7) is 6.55. The van der Waals surface area contributed by atoms with Gasteiger partial charge in [0.25, 0.3) is 0 Å². The average Bonchev–Trinajstić information content (AvgIpc) is 2.77. The number of rotatable bonds is 8. The lowest BCUT2D eigenvalue weighted by molar-refractivity contribution is -0.166. The number of anilines is 1. The fourth-order valence-electron chi connectivity index (χ4n) is 4.48. The summed E-state index contributed by atoms with van der Waals surface area (Å²) in [5.41, 5.74) is 1.60. The second kappa shape index (κ2) is 10.7. The fourth-order valence-corrected chi connectivity index (χ4v) is 4.48. The van der Waals surface area contributed by atoms with Crippen LogP contribution >= 0.6 is 0 Å². The van der Waals surface area contributed by atoms with Crippen molar-refractivity contribution in [2.75, 3.05) is 12.4 Å². The normalized spacial score (nSPS) is 23.1. The lowest BCUT2D eigenvalue weighted by atomic mass is 9.75. The molecule has 0 saturated heterocycles. The maximum absolute atomic E-state index is 13.1. The van der Waals surface area contributed by atoms with Gasteiger partial charge in [-0.15, -0.1) is 0 Å². The van der Waals surface area contributed by atoms with E-state index in [2.05, 4.69) is 26.1 Å². The van der Waals surface area contributed by atoms with Crippen LogP contribution in [0.1, 0.15) is 51.6 Å². The average molecular weight is 426 g/mol. The Bertz CT molecular complexity index is 821. The predicted molar refractivity (Wildman–Crippen MR) is 123 cm³/mol. The van der Waals surface area contributed by atoms with E-state index < -0.39 is 18.1 Å². The number of ether oxygens (including phenoxy) is 2. The standard InChI is InChI=1S/C26H35NO4/c1-17(2)22-15-10-18(3)16-23(22)31-26(29)25(28)24(19-8-6-5-7-9-19)27-20-11-13-21(30-4)14-12-20/h5-9,11-14,17-18,22-25,27-28H,10,15-16H2,1-4H3/t18-,22+,23-,24-,25+/m1/s1. The first-order valence-electron chi connectivity index (χ1n) is 11.2. The van der Waals surface area contributed by atoms with E-state index in [0.29, 0.717) is 17.8 Å². The molecule has 1 fully saturated rings. The van der Waals surface area contributed by atoms with Crippen LogP contribution in [0.3, 0.4) is 0 Å². The Hall–Kier alpha value is -2.53. The first kappa shape index (κ1) is 23.1. The van der Waals surface area contributed by atoms with E-state index in [-0.39, 0.29) is 6.10 Å². The molecule has 2 N–H and O–H groups in total. The van der Waals surface area contributed by atoms with Crippen LogP contribution in [0.5, 0.6) is 5.75 Å². The van der Waals surface area contributed by atoms with Crippen molar-refractivity contribution >= 4 is 11.7 Å². The van der Waals surface area contributed by atoms with Crippen LogP contribution in [0.25, 0.3) is 0 Å². The number of aliphatic hydroxyl groups is 1. The van der Waals surface area contributed by atoms with Crippen LogP contribution in [0.15, 0.2) is 54.6 Å². The number of methoxy groups -OCH3 is 1. The van der Waals surface area contributed by atoms with Crippen molar-refractivity contribution in [3.8, 4) is 5.75 Å². The number of esters is 1. The van der Waals surface area contributed by atoms with E-state index in [1.54, 1.807) is 7.11 Å². The third-order valence-electron chi connectivity index (χ3n) is 6.36. The Morgan fingerprint density at radius 3 is 2.35 bits per heavy atom. The molecule has 0 bridgehead atoms. The minimum absolute atomic E-state index is 0.150. The van der Waals surface area contributed by atoms with Gasteiger partial charge in [0.1, 0.15) is 11.9 Å². The van der Waals surface area contributed by atoms with E-state index in [1.807, 2.05) is 54.6 Å². The maximum Gasteiger partial charge on any atom is 0.337 e. The number of hydrogen-bond acceptors (Lipinski definition) is 5. The highest BCUT2D eigenvalue weighted by molar-refractivity contribution is 5.76. The van der Waals surface area contributed by atoms with Crippen molar-refractivity contribution in [3.05, 3.63) is 60.2 Å². The van der Waals surface area contributed by atoms with Gasteiger partial charge in [-0.05, 0) is 60.4 Å². The number of carbonyl (C=O) groups excluding carboxylic acids is 1. The van der Waals surface area contributed by atoms with Gasteiger partial charge < -0.3 is 19.9 Å². The largest absolute Gasteiger partial charge is 0.497 e. The van der Waals surface area contributed by atoms with Gasteiger partial charge in [-0.3, -0.25) is 0 Å². The van der Waals surface area contributed by atoms with Crippen LogP contribution in [-0.4, -0.2) is 30.4 Å². The zero-order chi connectivity index (χ0) is 22.4. The Labute approximate surface area is 185 Å². The van der Waals surface area contributed by atoms with E-state index >= 15 is 0 Å². The first-order valence-corrected chi connectivity index (χ1v) is 11.2. The molecule has 3 rings (SSSR count). The number of hydrogen-bond donors (Lipinski definition) is 2. The van der Waals surface area contributed by atoms with E-state index in [1.165, 1.54) is 0 Å². The van der Waals surface area contributed by atoms with Crippen LogP contribution < -0.4 is 10.1 Å². The van der Waals surface area contributed by atoms with Crippen LogP contribution in [0.4, 0.5) is 5.69 Å². The Balaban J connectivity index is 1.78. The van der Waals surface area contributed by atoms with Crippen LogP contribution in [0.2, 0.25) is 0 Å². The summed E-state index contributed by atoms with van der Waals surface area (Å²) in [6.07, 6.45) is 1.59. The number of aliphatic hydroxyl groups excluding tert-OH is 1. The third kappa shape index (κ3) is 6.01. The van der Waals surface area contributed by atoms with Gasteiger partial charge in [0.2, 0.25) is 0 Å². The summed E-state index contributed by atoms with van der Waals surface area (Å²) >= 11 is 0. The van der Waals surface area contributed by atoms with E-state index in [9.17, 15) is 9.90 Å². The molecule has 2 aromatic carbocycles. The highest BCUT2D eigenvalue weighted by atomic mass is 16.6. The molecule has 0 spiro atoms. The Kier molecular flexibility index (Phi) is 7.97. The monoisotopic (exact) mass is 425 g/mol. The lowest BCUT2D eigenvalue weighted by Crippen LogP contribution is -2.41. The van der Waals surface area contributed by atoms with Crippen molar-refractivity contribution in [1.29, 1.82) is 0 Å². The Morgan fingerprint density at radius 2 is 1.74 bits per heavy atom. The van der Waals surface area contributed by atoms with Crippen LogP contribution in [0, 0.1) is 17.8 Å². The number of carbonyl (C=O) groups is 1. The van der Waals surface area contributed by atoms with Crippen LogP contribution in [-0.2, 0) is 9.53 Å². The summed E-state index contributed by atoms with van der Waals surface area (Å²) in [7, 11) is 1.62. The summed E-state index contributed by atoms with van der Waals surface area (Å²) in [5, 5.41) is 14.4. The van der Waals surface area contributed by atoms with E-state index in [0.717, 1.165) is 36.3 Å². The molecule has 0 aliphatic heterocycles. The Morgan fingerprint density at radius 1 is 1.06 bits per heavy atom. The molecular weight excluding hydrogens is 390 g/mol. The van der Waals surface area contributed by atoms with Gasteiger partial charge in [-0.1, -0.05) is 57.5 Å². The number of nitrogens with one attached hydrogen (secondary N) is 1. The van der Waals surface area contributed by atoms with Gasteiger partial charge >= 0.3 is 5.97 Å². The molecule has 5 nitrogen and oxygen atoms in total. The van der Waals surface area contributed by atoms with Gasteiger partial charge in [-0.25, -0.2) is 4.79 Å². The summed E-state index contributed by atoms with van der Waals surface area (Å²) in [5.74, 6) is 1.46. The second-order valence-electron chi connectivity index (χ2n) is 9.01. The van der Waals surface area contributed by atoms with Crippen molar-refractivity contribution < 1.29 is 19.4 Å². The second-order valence-corrected chi connectivity index (χ2v) is 9.01. The highest BCUT2D eigenvalue weighted by Crippen LogP contribution is 2.36. The molecule has 0 aromatic heterocycles. The quantitative estimate of drug-likeness (QED) is 0.568. The molecular formula is C26H35NO4. The zero-order valence-electron chi connectivity index (χ0n) is 19.0. The molecule has 5 heteroatoms. The molecule has 1 aliphatic rings. The summed E-state index contributed by atoms with van der Waals surface area (Å²) < 4.78 is 11.1. The number of benzene rings is 2. The van der Waals surface area contributed by atoms with E-state index in [4.69, 9.17) is 9.47 Å². The minimum Gasteiger partial charge on any atom is -0.497 e. The van der Waals surface area contributed by atoms with Crippen molar-refractivity contribution in [1.82, 2.24) is 0 Å². The minimum atomic E-state index is -1.32. The smallest absolute Gasteiger partial charge is 0.337 e.